The van der Waals surface area contributed by atoms with Gasteiger partial charge in [0, 0.05) is 5.75 Å². The largest absolute Gasteiger partial charge is 0.481 e. The predicted octanol–water partition coefficient (Wildman–Crippen LogP) is 0.0892. The van der Waals surface area contributed by atoms with Crippen LogP contribution in [-0.2, 0) is 24.5 Å². The molecule has 0 radical (unpaired) electrons. The fourth-order valence-electron chi connectivity index (χ4n) is 1.20. The first-order valence-corrected chi connectivity index (χ1v) is 8.78. The second kappa shape index (κ2) is 6.34. The van der Waals surface area contributed by atoms with Crippen LogP contribution in [0.4, 0.5) is 0 Å². The highest BCUT2D eigenvalue weighted by Crippen LogP contribution is 2.09. The molecule has 0 aromatic rings. The van der Waals surface area contributed by atoms with Crippen molar-refractivity contribution in [2.45, 2.75) is 31.9 Å². The SMILES string of the molecule is CCS(=O)(=O)CCCS(=O)(=O)C(C)CC(=O)O. The van der Waals surface area contributed by atoms with Crippen LogP contribution < -0.4 is 0 Å². The lowest BCUT2D eigenvalue weighted by Crippen LogP contribution is -2.25. The second-order valence-electron chi connectivity index (χ2n) is 3.87. The van der Waals surface area contributed by atoms with E-state index in [2.05, 4.69) is 0 Å². The van der Waals surface area contributed by atoms with E-state index in [9.17, 15) is 21.6 Å². The van der Waals surface area contributed by atoms with E-state index >= 15 is 0 Å². The van der Waals surface area contributed by atoms with Gasteiger partial charge in [-0.15, -0.1) is 0 Å². The maximum atomic E-state index is 11.6. The molecule has 0 aliphatic rings. The molecule has 0 heterocycles. The number of sulfone groups is 2. The number of carboxylic acids is 1. The molecule has 0 saturated heterocycles. The standard InChI is InChI=1S/C9H18O6S2/c1-3-16(12,13)5-4-6-17(14,15)8(2)7-9(10)11/h8H,3-7H2,1-2H3,(H,10,11). The van der Waals surface area contributed by atoms with Crippen molar-refractivity contribution in [3.63, 3.8) is 0 Å². The van der Waals surface area contributed by atoms with Gasteiger partial charge in [-0.2, -0.15) is 0 Å². The van der Waals surface area contributed by atoms with Crippen molar-refractivity contribution in [1.29, 1.82) is 0 Å². The van der Waals surface area contributed by atoms with Gasteiger partial charge in [0.2, 0.25) is 0 Å². The summed E-state index contributed by atoms with van der Waals surface area (Å²) in [4.78, 5) is 10.4. The summed E-state index contributed by atoms with van der Waals surface area (Å²) in [7, 11) is -6.70. The molecule has 0 fully saturated rings. The number of carbonyl (C=O) groups is 1. The molecular weight excluding hydrogens is 268 g/mol. The van der Waals surface area contributed by atoms with Crippen molar-refractivity contribution in [2.75, 3.05) is 17.3 Å². The van der Waals surface area contributed by atoms with Crippen LogP contribution in [0.25, 0.3) is 0 Å². The molecule has 1 unspecified atom stereocenters. The van der Waals surface area contributed by atoms with Crippen LogP contribution in [0.3, 0.4) is 0 Å². The minimum Gasteiger partial charge on any atom is -0.481 e. The summed E-state index contributed by atoms with van der Waals surface area (Å²) in [6.45, 7) is 2.81. The maximum Gasteiger partial charge on any atom is 0.304 e. The van der Waals surface area contributed by atoms with Crippen LogP contribution in [0.2, 0.25) is 0 Å². The van der Waals surface area contributed by atoms with E-state index in [1.807, 2.05) is 0 Å². The summed E-state index contributed by atoms with van der Waals surface area (Å²) in [5, 5.41) is 7.50. The minimum atomic E-state index is -3.53. The molecule has 0 aliphatic heterocycles. The van der Waals surface area contributed by atoms with Crippen molar-refractivity contribution in [2.24, 2.45) is 0 Å². The maximum absolute atomic E-state index is 11.6. The molecule has 0 aromatic carbocycles. The fraction of sp³-hybridized carbons (Fsp3) is 0.889. The van der Waals surface area contributed by atoms with E-state index in [4.69, 9.17) is 5.11 Å². The summed E-state index contributed by atoms with van der Waals surface area (Å²) in [5.41, 5.74) is 0. The van der Waals surface area contributed by atoms with E-state index in [-0.39, 0.29) is 23.7 Å². The third kappa shape index (κ3) is 6.62. The Morgan fingerprint density at radius 1 is 1.18 bits per heavy atom. The van der Waals surface area contributed by atoms with Crippen LogP contribution >= 0.6 is 0 Å². The number of rotatable bonds is 8. The van der Waals surface area contributed by atoms with E-state index in [1.54, 1.807) is 0 Å². The molecule has 0 rings (SSSR count). The third-order valence-corrected chi connectivity index (χ3v) is 6.44. The summed E-state index contributed by atoms with van der Waals surface area (Å²) >= 11 is 0. The average molecular weight is 286 g/mol. The first-order valence-electron chi connectivity index (χ1n) is 5.24. The zero-order valence-electron chi connectivity index (χ0n) is 9.92. The van der Waals surface area contributed by atoms with Crippen molar-refractivity contribution < 1.29 is 26.7 Å². The first-order chi connectivity index (χ1) is 7.60. The Balaban J connectivity index is 4.34. The Bertz CT molecular complexity index is 448. The average Bonchev–Trinajstić information content (AvgIpc) is 2.16. The Morgan fingerprint density at radius 2 is 1.71 bits per heavy atom. The van der Waals surface area contributed by atoms with Gasteiger partial charge in [-0.3, -0.25) is 4.79 Å². The normalized spacial score (nSPS) is 14.5. The molecule has 8 heteroatoms. The van der Waals surface area contributed by atoms with Gasteiger partial charge >= 0.3 is 5.97 Å². The first kappa shape index (κ1) is 16.4. The number of hydrogen-bond acceptors (Lipinski definition) is 5. The van der Waals surface area contributed by atoms with Crippen LogP contribution in [0, 0.1) is 0 Å². The molecule has 0 bridgehead atoms. The van der Waals surface area contributed by atoms with Crippen LogP contribution in [0.5, 0.6) is 0 Å². The Hall–Kier alpha value is -0.630. The minimum absolute atomic E-state index is 0.0161. The van der Waals surface area contributed by atoms with E-state index in [0.29, 0.717) is 0 Å². The van der Waals surface area contributed by atoms with Crippen LogP contribution in [-0.4, -0.2) is 50.4 Å². The van der Waals surface area contributed by atoms with Gasteiger partial charge in [0.1, 0.15) is 9.84 Å². The van der Waals surface area contributed by atoms with E-state index < -0.39 is 37.3 Å². The number of carboxylic acid groups (broad SMARTS) is 1. The van der Waals surface area contributed by atoms with Crippen molar-refractivity contribution in [1.82, 2.24) is 0 Å². The van der Waals surface area contributed by atoms with Gasteiger partial charge in [-0.1, -0.05) is 6.92 Å². The fourth-order valence-corrected chi connectivity index (χ4v) is 3.60. The lowest BCUT2D eigenvalue weighted by molar-refractivity contribution is -0.136. The van der Waals surface area contributed by atoms with Crippen molar-refractivity contribution in [3.8, 4) is 0 Å². The second-order valence-corrected chi connectivity index (χ2v) is 8.88. The third-order valence-electron chi connectivity index (χ3n) is 2.40. The summed E-state index contributed by atoms with van der Waals surface area (Å²) < 4.78 is 45.5. The summed E-state index contributed by atoms with van der Waals surface area (Å²) in [6, 6.07) is 0. The predicted molar refractivity (Wildman–Crippen MR) is 64.4 cm³/mol. The summed E-state index contributed by atoms with van der Waals surface area (Å²) in [6.07, 6.45) is -0.439. The summed E-state index contributed by atoms with van der Waals surface area (Å²) in [5.74, 6) is -1.66. The Morgan fingerprint density at radius 3 is 2.12 bits per heavy atom. The van der Waals surface area contributed by atoms with Crippen LogP contribution in [0.1, 0.15) is 26.7 Å². The van der Waals surface area contributed by atoms with Gasteiger partial charge < -0.3 is 5.11 Å². The molecule has 0 amide bonds. The van der Waals surface area contributed by atoms with Crippen molar-refractivity contribution >= 4 is 25.6 Å². The van der Waals surface area contributed by atoms with Gasteiger partial charge in [0.15, 0.2) is 9.84 Å². The Kier molecular flexibility index (Phi) is 6.11. The molecule has 102 valence electrons. The lowest BCUT2D eigenvalue weighted by atomic mass is 10.3. The van der Waals surface area contributed by atoms with Gasteiger partial charge in [0.25, 0.3) is 0 Å². The highest BCUT2D eigenvalue weighted by atomic mass is 32.2. The molecule has 0 aromatic heterocycles. The van der Waals surface area contributed by atoms with Gasteiger partial charge in [-0.25, -0.2) is 16.8 Å². The van der Waals surface area contributed by atoms with Gasteiger partial charge in [-0.05, 0) is 13.3 Å². The smallest absolute Gasteiger partial charge is 0.304 e. The number of hydrogen-bond donors (Lipinski definition) is 1. The molecule has 17 heavy (non-hydrogen) atoms. The van der Waals surface area contributed by atoms with E-state index in [0.717, 1.165) is 0 Å². The highest BCUT2D eigenvalue weighted by Gasteiger charge is 2.23. The molecule has 1 N–H and O–H groups in total. The zero-order chi connectivity index (χ0) is 13.7. The number of aliphatic carboxylic acids is 1. The molecule has 1 atom stereocenters. The molecular formula is C9H18O6S2. The topological polar surface area (TPSA) is 106 Å². The van der Waals surface area contributed by atoms with Gasteiger partial charge in [0.05, 0.1) is 23.2 Å². The molecule has 0 aliphatic carbocycles. The van der Waals surface area contributed by atoms with Crippen molar-refractivity contribution in [3.05, 3.63) is 0 Å². The zero-order valence-corrected chi connectivity index (χ0v) is 11.6. The highest BCUT2D eigenvalue weighted by molar-refractivity contribution is 7.92. The monoisotopic (exact) mass is 286 g/mol. The van der Waals surface area contributed by atoms with Crippen LogP contribution in [0.15, 0.2) is 0 Å². The quantitative estimate of drug-likeness (QED) is 0.678. The molecule has 6 nitrogen and oxygen atoms in total. The van der Waals surface area contributed by atoms with E-state index in [1.165, 1.54) is 13.8 Å². The lowest BCUT2D eigenvalue weighted by Gasteiger charge is -2.10. The molecule has 0 saturated carbocycles. The molecule has 0 spiro atoms. The Labute approximate surface area is 102 Å².